The molecule has 1 N–H and O–H groups in total. The number of hydrogen-bond acceptors (Lipinski definition) is 7. The zero-order valence-corrected chi connectivity index (χ0v) is 18.4. The summed E-state index contributed by atoms with van der Waals surface area (Å²) >= 11 is 0. The van der Waals surface area contributed by atoms with Gasteiger partial charge in [0.25, 0.3) is 5.56 Å². The minimum Gasteiger partial charge on any atom is -0.493 e. The molecule has 1 aliphatic heterocycles. The van der Waals surface area contributed by atoms with Gasteiger partial charge in [-0.15, -0.1) is 0 Å². The highest BCUT2D eigenvalue weighted by Gasteiger charge is 2.23. The highest BCUT2D eigenvalue weighted by atomic mass is 16.6. The number of benzene rings is 2. The average Bonchev–Trinajstić information content (AvgIpc) is 3.25. The van der Waals surface area contributed by atoms with Gasteiger partial charge in [0.2, 0.25) is 5.91 Å². The lowest BCUT2D eigenvalue weighted by Gasteiger charge is -2.14. The minimum absolute atomic E-state index is 0.190. The Hall–Kier alpha value is -4.08. The molecule has 3 aromatic rings. The molecule has 4 rings (SSSR count). The number of methoxy groups -OCH3 is 2. The largest absolute Gasteiger partial charge is 0.493 e. The lowest BCUT2D eigenvalue weighted by Crippen LogP contribution is -2.23. The van der Waals surface area contributed by atoms with Crippen molar-refractivity contribution in [1.29, 1.82) is 0 Å². The number of ether oxygens (including phenoxy) is 3. The molecule has 1 aliphatic rings. The van der Waals surface area contributed by atoms with Gasteiger partial charge in [-0.3, -0.25) is 19.1 Å². The average molecular weight is 452 g/mol. The smallest absolute Gasteiger partial charge is 0.414 e. The Balaban J connectivity index is 1.38. The Kier molecular flexibility index (Phi) is 6.43. The second-order valence-electron chi connectivity index (χ2n) is 7.44. The Morgan fingerprint density at radius 2 is 1.94 bits per heavy atom. The fraction of sp³-hybridized carbons (Fsp3) is 0.304. The van der Waals surface area contributed by atoms with E-state index in [1.807, 2.05) is 0 Å². The third-order valence-electron chi connectivity index (χ3n) is 5.33. The molecule has 2 amide bonds. The van der Waals surface area contributed by atoms with Gasteiger partial charge < -0.3 is 19.5 Å². The zero-order valence-electron chi connectivity index (χ0n) is 18.4. The summed E-state index contributed by atoms with van der Waals surface area (Å²) in [7, 11) is 3.02. The molecule has 10 heteroatoms. The number of carbonyl (C=O) groups is 2. The van der Waals surface area contributed by atoms with Crippen molar-refractivity contribution in [2.45, 2.75) is 19.4 Å². The molecule has 0 saturated carbocycles. The fourth-order valence-corrected chi connectivity index (χ4v) is 3.66. The summed E-state index contributed by atoms with van der Waals surface area (Å²) in [4.78, 5) is 42.8. The molecule has 33 heavy (non-hydrogen) atoms. The van der Waals surface area contributed by atoms with Crippen molar-refractivity contribution in [3.63, 3.8) is 0 Å². The molecule has 0 atom stereocenters. The molecule has 1 aromatic heterocycles. The second kappa shape index (κ2) is 9.60. The standard InChI is InChI=1S/C23H24N4O6/c1-31-19-12-17-18(13-20(19)32-2)24-14-26(22(17)29)8-4-7-21(28)25-15-5-3-6-16(11-15)27-9-10-33-23(27)30/h3,5-6,11-14H,4,7-10H2,1-2H3,(H,25,28). The van der Waals surface area contributed by atoms with Crippen molar-refractivity contribution in [1.82, 2.24) is 9.55 Å². The molecule has 172 valence electrons. The van der Waals surface area contributed by atoms with Crippen molar-refractivity contribution in [3.05, 3.63) is 53.1 Å². The first kappa shape index (κ1) is 22.1. The maximum Gasteiger partial charge on any atom is 0.414 e. The molecule has 2 aromatic carbocycles. The number of anilines is 2. The van der Waals surface area contributed by atoms with Gasteiger partial charge in [0, 0.05) is 30.4 Å². The maximum absolute atomic E-state index is 12.8. The van der Waals surface area contributed by atoms with Crippen LogP contribution in [0.3, 0.4) is 0 Å². The summed E-state index contributed by atoms with van der Waals surface area (Å²) in [6, 6.07) is 10.3. The molecule has 1 fully saturated rings. The number of hydrogen-bond donors (Lipinski definition) is 1. The normalized spacial score (nSPS) is 13.2. The number of aromatic nitrogens is 2. The SMILES string of the molecule is COc1cc2ncn(CCCC(=O)Nc3cccc(N4CCOC4=O)c3)c(=O)c2cc1OC. The van der Waals surface area contributed by atoms with Gasteiger partial charge in [-0.1, -0.05) is 6.07 Å². The van der Waals surface area contributed by atoms with E-state index in [4.69, 9.17) is 14.2 Å². The van der Waals surface area contributed by atoms with Crippen LogP contribution in [0.25, 0.3) is 10.9 Å². The van der Waals surface area contributed by atoms with Crippen molar-refractivity contribution >= 4 is 34.3 Å². The van der Waals surface area contributed by atoms with E-state index in [-0.39, 0.29) is 17.9 Å². The first-order valence-electron chi connectivity index (χ1n) is 10.5. The van der Waals surface area contributed by atoms with Crippen LogP contribution >= 0.6 is 0 Å². The quantitative estimate of drug-likeness (QED) is 0.559. The Morgan fingerprint density at radius 3 is 2.67 bits per heavy atom. The minimum atomic E-state index is -0.399. The Labute approximate surface area is 189 Å². The molecular formula is C23H24N4O6. The summed E-state index contributed by atoms with van der Waals surface area (Å²) in [6.07, 6.45) is 1.73. The summed E-state index contributed by atoms with van der Waals surface area (Å²) in [5.41, 5.74) is 1.54. The number of amides is 2. The lowest BCUT2D eigenvalue weighted by atomic mass is 10.2. The Bertz CT molecular complexity index is 1260. The van der Waals surface area contributed by atoms with Crippen LogP contribution in [0.5, 0.6) is 11.5 Å². The van der Waals surface area contributed by atoms with Crippen LogP contribution in [-0.2, 0) is 16.1 Å². The highest BCUT2D eigenvalue weighted by Crippen LogP contribution is 2.29. The molecule has 10 nitrogen and oxygen atoms in total. The summed E-state index contributed by atoms with van der Waals surface area (Å²) in [5, 5.41) is 3.24. The summed E-state index contributed by atoms with van der Waals surface area (Å²) < 4.78 is 16.9. The summed E-state index contributed by atoms with van der Waals surface area (Å²) in [6.45, 7) is 1.16. The number of carbonyl (C=O) groups excluding carboxylic acids is 2. The Morgan fingerprint density at radius 1 is 1.15 bits per heavy atom. The van der Waals surface area contributed by atoms with Crippen molar-refractivity contribution in [2.75, 3.05) is 37.6 Å². The maximum atomic E-state index is 12.8. The van der Waals surface area contributed by atoms with Gasteiger partial charge in [-0.2, -0.15) is 0 Å². The topological polar surface area (TPSA) is 112 Å². The van der Waals surface area contributed by atoms with Crippen molar-refractivity contribution in [3.8, 4) is 11.5 Å². The van der Waals surface area contributed by atoms with Gasteiger partial charge >= 0.3 is 6.09 Å². The number of fused-ring (bicyclic) bond motifs is 1. The number of rotatable bonds is 8. The van der Waals surface area contributed by atoms with E-state index in [0.29, 0.717) is 59.9 Å². The van der Waals surface area contributed by atoms with E-state index < -0.39 is 6.09 Å². The zero-order chi connectivity index (χ0) is 23.4. The van der Waals surface area contributed by atoms with Gasteiger partial charge in [-0.05, 0) is 30.7 Å². The lowest BCUT2D eigenvalue weighted by molar-refractivity contribution is -0.116. The first-order chi connectivity index (χ1) is 16.0. The van der Waals surface area contributed by atoms with Gasteiger partial charge in [0.05, 0.1) is 38.0 Å². The van der Waals surface area contributed by atoms with Crippen LogP contribution in [0.2, 0.25) is 0 Å². The van der Waals surface area contributed by atoms with Gasteiger partial charge in [-0.25, -0.2) is 9.78 Å². The van der Waals surface area contributed by atoms with E-state index in [9.17, 15) is 14.4 Å². The van der Waals surface area contributed by atoms with E-state index in [0.717, 1.165) is 0 Å². The van der Waals surface area contributed by atoms with Crippen LogP contribution in [-0.4, -0.2) is 48.9 Å². The van der Waals surface area contributed by atoms with Crippen LogP contribution in [0.4, 0.5) is 16.2 Å². The molecular weight excluding hydrogens is 428 g/mol. The predicted octanol–water partition coefficient (Wildman–Crippen LogP) is 2.79. The molecule has 0 radical (unpaired) electrons. The van der Waals surface area contributed by atoms with Gasteiger partial charge in [0.15, 0.2) is 11.5 Å². The second-order valence-corrected chi connectivity index (χ2v) is 7.44. The molecule has 2 heterocycles. The fourth-order valence-electron chi connectivity index (χ4n) is 3.66. The first-order valence-corrected chi connectivity index (χ1v) is 10.5. The number of cyclic esters (lactones) is 1. The number of nitrogens with zero attached hydrogens (tertiary/aromatic N) is 3. The highest BCUT2D eigenvalue weighted by molar-refractivity contribution is 5.93. The van der Waals surface area contributed by atoms with E-state index in [1.54, 1.807) is 36.4 Å². The molecule has 0 spiro atoms. The van der Waals surface area contributed by atoms with Crippen LogP contribution in [0.15, 0.2) is 47.5 Å². The molecule has 0 aliphatic carbocycles. The third-order valence-corrected chi connectivity index (χ3v) is 5.33. The van der Waals surface area contributed by atoms with E-state index >= 15 is 0 Å². The number of aryl methyl sites for hydroxylation is 1. The molecule has 1 saturated heterocycles. The van der Waals surface area contributed by atoms with Crippen LogP contribution < -0.4 is 25.2 Å². The molecule has 0 unspecified atom stereocenters. The van der Waals surface area contributed by atoms with Crippen molar-refractivity contribution in [2.24, 2.45) is 0 Å². The molecule has 0 bridgehead atoms. The van der Waals surface area contributed by atoms with E-state index in [1.165, 1.54) is 30.0 Å². The number of nitrogens with one attached hydrogen (secondary N) is 1. The van der Waals surface area contributed by atoms with Gasteiger partial charge in [0.1, 0.15) is 6.61 Å². The van der Waals surface area contributed by atoms with Crippen molar-refractivity contribution < 1.29 is 23.8 Å². The van der Waals surface area contributed by atoms with E-state index in [2.05, 4.69) is 10.3 Å². The van der Waals surface area contributed by atoms with Crippen LogP contribution in [0.1, 0.15) is 12.8 Å². The predicted molar refractivity (Wildman–Crippen MR) is 122 cm³/mol. The van der Waals surface area contributed by atoms with Crippen LogP contribution in [0, 0.1) is 0 Å². The third kappa shape index (κ3) is 4.74. The summed E-state index contributed by atoms with van der Waals surface area (Å²) in [5.74, 6) is 0.756. The monoisotopic (exact) mass is 452 g/mol.